The first-order valence-electron chi connectivity index (χ1n) is 17.4. The minimum atomic E-state index is -1.41. The van der Waals surface area contributed by atoms with Crippen LogP contribution in [0.1, 0.15) is 53.1 Å². The monoisotopic (exact) mass is 714 g/mol. The summed E-state index contributed by atoms with van der Waals surface area (Å²) < 4.78 is 12.4. The van der Waals surface area contributed by atoms with Gasteiger partial charge in [-0.25, -0.2) is 4.79 Å². The van der Waals surface area contributed by atoms with Crippen molar-refractivity contribution in [3.63, 3.8) is 0 Å². The summed E-state index contributed by atoms with van der Waals surface area (Å²) in [4.78, 5) is 44.3. The molecule has 1 unspecified atom stereocenters. The van der Waals surface area contributed by atoms with Crippen LogP contribution < -0.4 is 0 Å². The van der Waals surface area contributed by atoms with Crippen LogP contribution in [0.25, 0.3) is 11.1 Å². The van der Waals surface area contributed by atoms with E-state index in [4.69, 9.17) is 21.1 Å². The lowest BCUT2D eigenvalue weighted by Crippen LogP contribution is -2.52. The Morgan fingerprint density at radius 3 is 1.87 bits per heavy atom. The maximum Gasteiger partial charge on any atom is 0.410 e. The van der Waals surface area contributed by atoms with Crippen LogP contribution in [0.2, 0.25) is 5.02 Å². The van der Waals surface area contributed by atoms with E-state index in [1.807, 2.05) is 118 Å². The molecule has 7 nitrogen and oxygen atoms in total. The highest BCUT2D eigenvalue weighted by atomic mass is 35.5. The molecule has 0 fully saturated rings. The smallest absolute Gasteiger partial charge is 0.410 e. The fourth-order valence-corrected chi connectivity index (χ4v) is 7.53. The second kappa shape index (κ2) is 15.5. The molecular weight excluding hydrogens is 672 g/mol. The third-order valence-corrected chi connectivity index (χ3v) is 10.2. The lowest BCUT2D eigenvalue weighted by molar-refractivity contribution is -0.158. The summed E-state index contributed by atoms with van der Waals surface area (Å²) in [6, 6.07) is 39.8. The first-order valence-corrected chi connectivity index (χ1v) is 17.8. The molecule has 5 aromatic rings. The molecule has 52 heavy (non-hydrogen) atoms. The SMILES string of the molecule is Cc1ccc(C(OC(=O)CN(C)C(=O)[C@H](C(C)C)N(C)C(=O)OCC2c3ccccc3-c3ccccc32)(c2ccccc2)c2ccccc2Cl)cc1. The molecule has 6 rings (SSSR count). The van der Waals surface area contributed by atoms with Gasteiger partial charge >= 0.3 is 12.1 Å². The van der Waals surface area contributed by atoms with Gasteiger partial charge in [-0.05, 0) is 41.2 Å². The normalized spacial score (nSPS) is 13.8. The third-order valence-electron chi connectivity index (χ3n) is 9.83. The van der Waals surface area contributed by atoms with Crippen LogP contribution in [-0.2, 0) is 24.7 Å². The van der Waals surface area contributed by atoms with Crippen LogP contribution in [0.4, 0.5) is 4.79 Å². The predicted molar refractivity (Wildman–Crippen MR) is 204 cm³/mol. The summed E-state index contributed by atoms with van der Waals surface area (Å²) in [5.41, 5.74) is 6.08. The van der Waals surface area contributed by atoms with Gasteiger partial charge in [0.1, 0.15) is 19.2 Å². The number of amides is 2. The standard InChI is InChI=1S/C44H43ClN2O5/c1-29(2)41(47(5)43(50)51-28-37-35-19-11-9-17-33(35)34-18-10-12-20-36(34)37)42(49)46(4)27-40(48)52-44(31-15-7-6-8-16-31,32-25-23-30(3)24-26-32)38-21-13-14-22-39(38)45/h6-26,29,37,41H,27-28H2,1-5H3/t41-,44?/m0/s1. The third kappa shape index (κ3) is 7.06. The molecule has 0 spiro atoms. The second-order valence-corrected chi connectivity index (χ2v) is 14.1. The van der Waals surface area contributed by atoms with Gasteiger partial charge in [-0.15, -0.1) is 0 Å². The van der Waals surface area contributed by atoms with Crippen molar-refractivity contribution < 1.29 is 23.9 Å². The summed E-state index contributed by atoms with van der Waals surface area (Å²) in [6.45, 7) is 5.46. The van der Waals surface area contributed by atoms with E-state index < -0.39 is 29.6 Å². The molecule has 8 heteroatoms. The van der Waals surface area contributed by atoms with Crippen molar-refractivity contribution in [1.82, 2.24) is 9.80 Å². The Morgan fingerprint density at radius 1 is 0.731 bits per heavy atom. The maximum atomic E-state index is 14.1. The highest BCUT2D eigenvalue weighted by molar-refractivity contribution is 6.31. The molecule has 1 aliphatic carbocycles. The molecule has 0 aliphatic heterocycles. The van der Waals surface area contributed by atoms with Crippen LogP contribution in [0, 0.1) is 12.8 Å². The van der Waals surface area contributed by atoms with Crippen LogP contribution in [0.15, 0.2) is 127 Å². The largest absolute Gasteiger partial charge is 0.448 e. The van der Waals surface area contributed by atoms with E-state index in [2.05, 4.69) is 24.3 Å². The molecule has 266 valence electrons. The Balaban J connectivity index is 1.21. The highest BCUT2D eigenvalue weighted by Gasteiger charge is 2.43. The lowest BCUT2D eigenvalue weighted by Gasteiger charge is -2.37. The quantitative estimate of drug-likeness (QED) is 0.101. The summed E-state index contributed by atoms with van der Waals surface area (Å²) in [6.07, 6.45) is -0.619. The molecular formula is C44H43ClN2O5. The number of carbonyl (C=O) groups is 3. The van der Waals surface area contributed by atoms with Gasteiger partial charge in [0.25, 0.3) is 0 Å². The summed E-state index contributed by atoms with van der Waals surface area (Å²) in [5.74, 6) is -1.46. The Labute approximate surface area is 310 Å². The fraction of sp³-hybridized carbons (Fsp3) is 0.250. The Hall–Kier alpha value is -5.40. The van der Waals surface area contributed by atoms with Crippen LogP contribution in [0.5, 0.6) is 0 Å². The summed E-state index contributed by atoms with van der Waals surface area (Å²) in [7, 11) is 3.10. The number of carbonyl (C=O) groups excluding carboxylic acids is 3. The van der Waals surface area contributed by atoms with Crippen LogP contribution in [0.3, 0.4) is 0 Å². The van der Waals surface area contributed by atoms with Crippen LogP contribution in [-0.4, -0.2) is 61.1 Å². The zero-order valence-corrected chi connectivity index (χ0v) is 30.8. The van der Waals surface area contributed by atoms with Crippen molar-refractivity contribution in [1.29, 1.82) is 0 Å². The molecule has 5 aromatic carbocycles. The number of benzene rings is 5. The minimum Gasteiger partial charge on any atom is -0.448 e. The fourth-order valence-electron chi connectivity index (χ4n) is 7.27. The lowest BCUT2D eigenvalue weighted by atomic mass is 9.79. The van der Waals surface area contributed by atoms with Crippen molar-refractivity contribution in [2.24, 2.45) is 5.92 Å². The predicted octanol–water partition coefficient (Wildman–Crippen LogP) is 8.85. The molecule has 0 saturated heterocycles. The first kappa shape index (κ1) is 36.4. The molecule has 2 atom stereocenters. The highest BCUT2D eigenvalue weighted by Crippen LogP contribution is 2.45. The zero-order chi connectivity index (χ0) is 37.0. The van der Waals surface area contributed by atoms with Gasteiger partial charge in [-0.2, -0.15) is 0 Å². The van der Waals surface area contributed by atoms with E-state index in [0.29, 0.717) is 21.7 Å². The molecule has 0 heterocycles. The maximum absolute atomic E-state index is 14.1. The number of esters is 1. The van der Waals surface area contributed by atoms with E-state index >= 15 is 0 Å². The van der Waals surface area contributed by atoms with Gasteiger partial charge in [0, 0.05) is 41.7 Å². The molecule has 0 N–H and O–H groups in total. The number of fused-ring (bicyclic) bond motifs is 3. The number of hydrogen-bond acceptors (Lipinski definition) is 5. The summed E-state index contributed by atoms with van der Waals surface area (Å²) >= 11 is 6.83. The minimum absolute atomic E-state index is 0.119. The second-order valence-electron chi connectivity index (χ2n) is 13.7. The average molecular weight is 715 g/mol. The van der Waals surface area contributed by atoms with E-state index in [9.17, 15) is 14.4 Å². The van der Waals surface area contributed by atoms with Crippen molar-refractivity contribution in [3.05, 3.63) is 166 Å². The number of ether oxygens (including phenoxy) is 2. The average Bonchev–Trinajstić information content (AvgIpc) is 3.47. The van der Waals surface area contributed by atoms with Gasteiger partial charge in [-0.3, -0.25) is 14.5 Å². The first-order chi connectivity index (χ1) is 25.0. The van der Waals surface area contributed by atoms with Crippen molar-refractivity contribution in [2.45, 2.75) is 38.3 Å². The number of rotatable bonds is 11. The van der Waals surface area contributed by atoms with Gasteiger partial charge in [-0.1, -0.05) is 152 Å². The molecule has 1 aliphatic rings. The van der Waals surface area contributed by atoms with Gasteiger partial charge < -0.3 is 14.4 Å². The molecule has 2 amide bonds. The number of likely N-dealkylation sites (N-methyl/N-ethyl adjacent to an activating group) is 2. The Bertz CT molecular complexity index is 2020. The topological polar surface area (TPSA) is 76.2 Å². The number of nitrogens with zero attached hydrogens (tertiary/aromatic N) is 2. The number of aryl methyl sites for hydroxylation is 1. The summed E-state index contributed by atoms with van der Waals surface area (Å²) in [5, 5.41) is 0.425. The van der Waals surface area contributed by atoms with E-state index in [-0.39, 0.29) is 25.0 Å². The molecule has 0 bridgehead atoms. The van der Waals surface area contributed by atoms with E-state index in [1.54, 1.807) is 13.1 Å². The van der Waals surface area contributed by atoms with Gasteiger partial charge in [0.2, 0.25) is 5.91 Å². The van der Waals surface area contributed by atoms with Crippen molar-refractivity contribution in [2.75, 3.05) is 27.2 Å². The van der Waals surface area contributed by atoms with Crippen LogP contribution >= 0.6 is 11.6 Å². The molecule has 0 aromatic heterocycles. The Morgan fingerprint density at radius 2 is 1.27 bits per heavy atom. The number of hydrogen-bond donors (Lipinski definition) is 0. The van der Waals surface area contributed by atoms with E-state index in [0.717, 1.165) is 27.8 Å². The number of halogens is 1. The Kier molecular flexibility index (Phi) is 10.8. The van der Waals surface area contributed by atoms with Crippen molar-refractivity contribution in [3.8, 4) is 11.1 Å². The van der Waals surface area contributed by atoms with Gasteiger partial charge in [0.15, 0.2) is 5.60 Å². The van der Waals surface area contributed by atoms with Gasteiger partial charge in [0.05, 0.1) is 0 Å². The molecule has 0 saturated carbocycles. The van der Waals surface area contributed by atoms with E-state index in [1.165, 1.54) is 16.8 Å². The molecule has 0 radical (unpaired) electrons. The zero-order valence-electron chi connectivity index (χ0n) is 30.1. The van der Waals surface area contributed by atoms with Crippen molar-refractivity contribution >= 4 is 29.6 Å².